The largest absolute Gasteiger partial charge is 0.368 e. The molecule has 0 unspecified atom stereocenters. The van der Waals surface area contributed by atoms with Crippen LogP contribution in [0.3, 0.4) is 0 Å². The first kappa shape index (κ1) is 18.9. The molecule has 2 aromatic carbocycles. The summed E-state index contributed by atoms with van der Waals surface area (Å²) in [7, 11) is 0. The first-order valence-electron chi connectivity index (χ1n) is 9.56. The van der Waals surface area contributed by atoms with E-state index in [0.29, 0.717) is 30.2 Å². The molecule has 2 heterocycles. The van der Waals surface area contributed by atoms with Gasteiger partial charge in [0.2, 0.25) is 5.95 Å². The molecule has 4 rings (SSSR count). The molecule has 0 saturated carbocycles. The minimum Gasteiger partial charge on any atom is -0.368 e. The number of rotatable bonds is 4. The van der Waals surface area contributed by atoms with E-state index in [0.717, 1.165) is 13.1 Å². The fourth-order valence-corrected chi connectivity index (χ4v) is 3.40. The molecule has 7 heteroatoms. The van der Waals surface area contributed by atoms with Crippen molar-refractivity contribution in [1.29, 1.82) is 0 Å². The number of aryl methyl sites for hydroxylation is 1. The van der Waals surface area contributed by atoms with Gasteiger partial charge in [-0.3, -0.25) is 4.79 Å². The summed E-state index contributed by atoms with van der Waals surface area (Å²) in [5, 5.41) is 2.97. The normalized spacial score (nSPS) is 14.0. The van der Waals surface area contributed by atoms with Crippen molar-refractivity contribution in [2.45, 2.75) is 6.92 Å². The SMILES string of the molecule is Cc1cc(C(=O)N2CCN(c3ccccc3)CC2)nc(Nc2cccc(F)c2)n1. The molecular weight excluding hydrogens is 369 g/mol. The number of nitrogens with zero attached hydrogens (tertiary/aromatic N) is 4. The second-order valence-electron chi connectivity index (χ2n) is 6.97. The molecular formula is C22H22FN5O. The van der Waals surface area contributed by atoms with Crippen molar-refractivity contribution < 1.29 is 9.18 Å². The number of halogens is 1. The van der Waals surface area contributed by atoms with Crippen molar-refractivity contribution in [3.05, 3.63) is 77.9 Å². The van der Waals surface area contributed by atoms with Crippen molar-refractivity contribution in [2.24, 2.45) is 0 Å². The zero-order valence-electron chi connectivity index (χ0n) is 16.2. The standard InChI is InChI=1S/C22H22FN5O/c1-16-14-20(26-22(24-16)25-18-7-5-6-17(23)15-18)21(29)28-12-10-27(11-13-28)19-8-3-2-4-9-19/h2-9,14-15H,10-13H2,1H3,(H,24,25,26). The Morgan fingerprint density at radius 2 is 1.72 bits per heavy atom. The van der Waals surface area contributed by atoms with Gasteiger partial charge in [-0.25, -0.2) is 14.4 Å². The van der Waals surface area contributed by atoms with Gasteiger partial charge in [-0.1, -0.05) is 24.3 Å². The van der Waals surface area contributed by atoms with Crippen LogP contribution < -0.4 is 10.2 Å². The summed E-state index contributed by atoms with van der Waals surface area (Å²) in [5.41, 5.74) is 2.71. The third-order valence-corrected chi connectivity index (χ3v) is 4.84. The van der Waals surface area contributed by atoms with Gasteiger partial charge in [0, 0.05) is 43.2 Å². The average molecular weight is 391 g/mol. The third-order valence-electron chi connectivity index (χ3n) is 4.84. The highest BCUT2D eigenvalue weighted by molar-refractivity contribution is 5.93. The molecule has 3 aromatic rings. The van der Waals surface area contributed by atoms with Crippen LogP contribution in [0.25, 0.3) is 0 Å². The van der Waals surface area contributed by atoms with Crippen molar-refractivity contribution >= 4 is 23.2 Å². The molecule has 1 N–H and O–H groups in total. The van der Waals surface area contributed by atoms with Crippen LogP contribution in [0.1, 0.15) is 16.2 Å². The van der Waals surface area contributed by atoms with E-state index in [1.807, 2.05) is 30.0 Å². The molecule has 0 aliphatic carbocycles. The number of hydrogen-bond acceptors (Lipinski definition) is 5. The van der Waals surface area contributed by atoms with Crippen LogP contribution in [0.5, 0.6) is 0 Å². The maximum absolute atomic E-state index is 13.4. The summed E-state index contributed by atoms with van der Waals surface area (Å²) in [4.78, 5) is 25.7. The Balaban J connectivity index is 1.45. The lowest BCUT2D eigenvalue weighted by molar-refractivity contribution is 0.0740. The number of para-hydroxylation sites is 1. The molecule has 1 fully saturated rings. The summed E-state index contributed by atoms with van der Waals surface area (Å²) in [5.74, 6) is -0.192. The van der Waals surface area contributed by atoms with Crippen molar-refractivity contribution in [3.63, 3.8) is 0 Å². The first-order chi connectivity index (χ1) is 14.1. The lowest BCUT2D eigenvalue weighted by atomic mass is 10.2. The summed E-state index contributed by atoms with van der Waals surface area (Å²) >= 11 is 0. The molecule has 1 amide bonds. The average Bonchev–Trinajstić information content (AvgIpc) is 2.73. The fraction of sp³-hybridized carbons (Fsp3) is 0.227. The minimum atomic E-state index is -0.352. The number of benzene rings is 2. The topological polar surface area (TPSA) is 61.4 Å². The predicted octanol–water partition coefficient (Wildman–Crippen LogP) is 3.63. The lowest BCUT2D eigenvalue weighted by Crippen LogP contribution is -2.49. The summed E-state index contributed by atoms with van der Waals surface area (Å²) in [6.45, 7) is 4.61. The monoisotopic (exact) mass is 391 g/mol. The van der Waals surface area contributed by atoms with Crippen molar-refractivity contribution in [2.75, 3.05) is 36.4 Å². The molecule has 1 aromatic heterocycles. The maximum atomic E-state index is 13.4. The van der Waals surface area contributed by atoms with Gasteiger partial charge in [0.1, 0.15) is 11.5 Å². The lowest BCUT2D eigenvalue weighted by Gasteiger charge is -2.36. The predicted molar refractivity (Wildman–Crippen MR) is 111 cm³/mol. The number of nitrogens with one attached hydrogen (secondary N) is 1. The van der Waals surface area contributed by atoms with E-state index < -0.39 is 0 Å². The van der Waals surface area contributed by atoms with Gasteiger partial charge in [0.05, 0.1) is 0 Å². The number of anilines is 3. The van der Waals surface area contributed by atoms with Crippen molar-refractivity contribution in [3.8, 4) is 0 Å². The third kappa shape index (κ3) is 4.51. The van der Waals surface area contributed by atoms with Gasteiger partial charge in [0.25, 0.3) is 5.91 Å². The molecule has 1 aliphatic rings. The molecule has 0 atom stereocenters. The minimum absolute atomic E-state index is 0.120. The van der Waals surface area contributed by atoms with Crippen molar-refractivity contribution in [1.82, 2.24) is 14.9 Å². The second kappa shape index (κ2) is 8.26. The zero-order chi connectivity index (χ0) is 20.2. The Labute approximate surface area is 169 Å². The quantitative estimate of drug-likeness (QED) is 0.736. The Kier molecular flexibility index (Phi) is 5.37. The first-order valence-corrected chi connectivity index (χ1v) is 9.56. The Morgan fingerprint density at radius 3 is 2.45 bits per heavy atom. The number of amides is 1. The highest BCUT2D eigenvalue weighted by atomic mass is 19.1. The zero-order valence-corrected chi connectivity index (χ0v) is 16.2. The van der Waals surface area contributed by atoms with Gasteiger partial charge >= 0.3 is 0 Å². The van der Waals surface area contributed by atoms with E-state index in [1.165, 1.54) is 17.8 Å². The Bertz CT molecular complexity index is 1000. The van der Waals surface area contributed by atoms with Crippen LogP contribution in [-0.2, 0) is 0 Å². The van der Waals surface area contributed by atoms with Gasteiger partial charge in [-0.15, -0.1) is 0 Å². The van der Waals surface area contributed by atoms with Crippen LogP contribution in [0.2, 0.25) is 0 Å². The van der Waals surface area contributed by atoms with Crippen LogP contribution in [0.15, 0.2) is 60.7 Å². The molecule has 0 radical (unpaired) electrons. The molecule has 1 saturated heterocycles. The van der Waals surface area contributed by atoms with Gasteiger partial charge < -0.3 is 15.1 Å². The number of carbonyl (C=O) groups excluding carboxylic acids is 1. The molecule has 0 bridgehead atoms. The summed E-state index contributed by atoms with van der Waals surface area (Å²) in [6, 6.07) is 17.9. The van der Waals surface area contributed by atoms with Crippen LogP contribution in [0, 0.1) is 12.7 Å². The highest BCUT2D eigenvalue weighted by Gasteiger charge is 2.24. The van der Waals surface area contributed by atoms with E-state index in [1.54, 1.807) is 18.2 Å². The maximum Gasteiger partial charge on any atom is 0.272 e. The smallest absolute Gasteiger partial charge is 0.272 e. The summed E-state index contributed by atoms with van der Waals surface area (Å²) in [6.07, 6.45) is 0. The fourth-order valence-electron chi connectivity index (χ4n) is 3.40. The van der Waals surface area contributed by atoms with Gasteiger partial charge in [-0.05, 0) is 43.3 Å². The van der Waals surface area contributed by atoms with E-state index in [4.69, 9.17) is 0 Å². The van der Waals surface area contributed by atoms with Crippen LogP contribution in [-0.4, -0.2) is 47.0 Å². The summed E-state index contributed by atoms with van der Waals surface area (Å²) < 4.78 is 13.4. The number of hydrogen-bond donors (Lipinski definition) is 1. The van der Waals surface area contributed by atoms with Gasteiger partial charge in [0.15, 0.2) is 0 Å². The number of aromatic nitrogens is 2. The molecule has 1 aliphatic heterocycles. The van der Waals surface area contributed by atoms with E-state index in [-0.39, 0.29) is 17.7 Å². The molecule has 0 spiro atoms. The van der Waals surface area contributed by atoms with Crippen LogP contribution in [0.4, 0.5) is 21.7 Å². The molecule has 6 nitrogen and oxygen atoms in total. The van der Waals surface area contributed by atoms with Crippen LogP contribution >= 0.6 is 0 Å². The second-order valence-corrected chi connectivity index (χ2v) is 6.97. The highest BCUT2D eigenvalue weighted by Crippen LogP contribution is 2.18. The number of carbonyl (C=O) groups is 1. The van der Waals surface area contributed by atoms with E-state index >= 15 is 0 Å². The Hall–Kier alpha value is -3.48. The van der Waals surface area contributed by atoms with Gasteiger partial charge in [-0.2, -0.15) is 0 Å². The van der Waals surface area contributed by atoms with E-state index in [2.05, 4.69) is 32.3 Å². The molecule has 29 heavy (non-hydrogen) atoms. The number of piperazine rings is 1. The van der Waals surface area contributed by atoms with E-state index in [9.17, 15) is 9.18 Å². The Morgan fingerprint density at radius 1 is 0.966 bits per heavy atom. The molecule has 148 valence electrons.